The van der Waals surface area contributed by atoms with Gasteiger partial charge in [0.2, 0.25) is 0 Å². The molecular formula is C18H16ClNO3. The third-order valence-electron chi connectivity index (χ3n) is 3.53. The van der Waals surface area contributed by atoms with Gasteiger partial charge in [-0.3, -0.25) is 0 Å². The second-order valence-corrected chi connectivity index (χ2v) is 5.45. The van der Waals surface area contributed by atoms with E-state index in [2.05, 4.69) is 0 Å². The number of esters is 1. The van der Waals surface area contributed by atoms with E-state index in [1.54, 1.807) is 24.1 Å². The van der Waals surface area contributed by atoms with E-state index in [1.807, 2.05) is 42.5 Å². The lowest BCUT2D eigenvalue weighted by Crippen LogP contribution is -2.26. The molecule has 0 amide bonds. The molecule has 2 aromatic carbocycles. The van der Waals surface area contributed by atoms with E-state index in [-0.39, 0.29) is 12.0 Å². The summed E-state index contributed by atoms with van der Waals surface area (Å²) in [4.78, 5) is 17.9. The van der Waals surface area contributed by atoms with E-state index in [9.17, 15) is 4.79 Å². The van der Waals surface area contributed by atoms with Gasteiger partial charge >= 0.3 is 5.97 Å². The van der Waals surface area contributed by atoms with E-state index >= 15 is 0 Å². The summed E-state index contributed by atoms with van der Waals surface area (Å²) in [7, 11) is 0. The number of hydrogen-bond acceptors (Lipinski definition) is 4. The largest absolute Gasteiger partial charge is 0.462 e. The smallest absolute Gasteiger partial charge is 0.339 e. The minimum atomic E-state index is -0.377. The van der Waals surface area contributed by atoms with E-state index in [4.69, 9.17) is 21.2 Å². The van der Waals surface area contributed by atoms with Gasteiger partial charge in [-0.25, -0.2) is 4.79 Å². The molecule has 0 N–H and O–H groups in total. The summed E-state index contributed by atoms with van der Waals surface area (Å²) in [5.74, 6) is -0.377. The highest BCUT2D eigenvalue weighted by Gasteiger charge is 2.36. The highest BCUT2D eigenvalue weighted by molar-refractivity contribution is 6.30. The Morgan fingerprint density at radius 1 is 1.17 bits per heavy atom. The zero-order valence-electron chi connectivity index (χ0n) is 12.6. The first-order valence-electron chi connectivity index (χ1n) is 7.34. The molecule has 1 unspecified atom stereocenters. The van der Waals surface area contributed by atoms with Gasteiger partial charge < -0.3 is 9.57 Å². The zero-order chi connectivity index (χ0) is 16.2. The Labute approximate surface area is 139 Å². The summed E-state index contributed by atoms with van der Waals surface area (Å²) in [5, 5.41) is 2.32. The maximum atomic E-state index is 12.2. The standard InChI is InChI=1S/C18H16ClNO3/c1-2-22-18(21)16-12-23-20(15-10-8-14(19)9-11-15)17(16)13-6-4-3-5-7-13/h3-12,17H,2H2,1H3. The molecule has 23 heavy (non-hydrogen) atoms. The molecule has 0 bridgehead atoms. The van der Waals surface area contributed by atoms with Crippen molar-refractivity contribution >= 4 is 23.3 Å². The van der Waals surface area contributed by atoms with E-state index in [0.29, 0.717) is 17.2 Å². The molecule has 0 saturated heterocycles. The summed E-state index contributed by atoms with van der Waals surface area (Å²) < 4.78 is 5.15. The number of rotatable bonds is 4. The van der Waals surface area contributed by atoms with Crippen molar-refractivity contribution in [3.8, 4) is 0 Å². The summed E-state index contributed by atoms with van der Waals surface area (Å²) in [6.07, 6.45) is 1.45. The molecular weight excluding hydrogens is 314 g/mol. The van der Waals surface area contributed by atoms with Gasteiger partial charge in [0, 0.05) is 5.02 Å². The molecule has 0 radical (unpaired) electrons. The van der Waals surface area contributed by atoms with Crippen molar-refractivity contribution in [3.05, 3.63) is 77.0 Å². The third kappa shape index (κ3) is 3.17. The minimum Gasteiger partial charge on any atom is -0.462 e. The van der Waals surface area contributed by atoms with Gasteiger partial charge in [0.1, 0.15) is 17.9 Å². The van der Waals surface area contributed by atoms with E-state index in [1.165, 1.54) is 6.26 Å². The number of anilines is 1. The number of carbonyl (C=O) groups is 1. The van der Waals surface area contributed by atoms with Gasteiger partial charge in [-0.1, -0.05) is 41.9 Å². The van der Waals surface area contributed by atoms with Crippen LogP contribution in [0.25, 0.3) is 0 Å². The fraction of sp³-hybridized carbons (Fsp3) is 0.167. The first kappa shape index (κ1) is 15.4. The fourth-order valence-corrected chi connectivity index (χ4v) is 2.61. The predicted octanol–water partition coefficient (Wildman–Crippen LogP) is 4.28. The van der Waals surface area contributed by atoms with Crippen molar-refractivity contribution in [1.82, 2.24) is 0 Å². The summed E-state index contributed by atoms with van der Waals surface area (Å²) in [6.45, 7) is 2.10. The van der Waals surface area contributed by atoms with Crippen LogP contribution in [-0.2, 0) is 14.4 Å². The zero-order valence-corrected chi connectivity index (χ0v) is 13.4. The van der Waals surface area contributed by atoms with Crippen molar-refractivity contribution in [3.63, 3.8) is 0 Å². The minimum absolute atomic E-state index is 0.318. The lowest BCUT2D eigenvalue weighted by Gasteiger charge is -2.26. The maximum absolute atomic E-state index is 12.2. The van der Waals surface area contributed by atoms with Crippen LogP contribution in [-0.4, -0.2) is 12.6 Å². The molecule has 1 heterocycles. The molecule has 3 rings (SSSR count). The number of hydrogen-bond donors (Lipinski definition) is 0. The van der Waals surface area contributed by atoms with Gasteiger partial charge in [-0.05, 0) is 36.8 Å². The second kappa shape index (κ2) is 6.75. The van der Waals surface area contributed by atoms with Crippen LogP contribution in [0.1, 0.15) is 18.5 Å². The molecule has 1 aliphatic rings. The van der Waals surface area contributed by atoms with Crippen molar-refractivity contribution in [2.75, 3.05) is 11.7 Å². The Hall–Kier alpha value is -2.46. The van der Waals surface area contributed by atoms with Gasteiger partial charge in [0.05, 0.1) is 12.3 Å². The van der Waals surface area contributed by atoms with Crippen LogP contribution in [0.15, 0.2) is 66.4 Å². The third-order valence-corrected chi connectivity index (χ3v) is 3.78. The molecule has 0 fully saturated rings. The van der Waals surface area contributed by atoms with Crippen molar-refractivity contribution < 1.29 is 14.4 Å². The Morgan fingerprint density at radius 3 is 2.52 bits per heavy atom. The second-order valence-electron chi connectivity index (χ2n) is 5.01. The monoisotopic (exact) mass is 329 g/mol. The lowest BCUT2D eigenvalue weighted by atomic mass is 9.99. The van der Waals surface area contributed by atoms with Crippen molar-refractivity contribution in [2.24, 2.45) is 0 Å². The molecule has 1 atom stereocenters. The summed E-state index contributed by atoms with van der Waals surface area (Å²) in [6, 6.07) is 16.6. The Bertz CT molecular complexity index is 713. The molecule has 2 aromatic rings. The normalized spacial score (nSPS) is 16.7. The van der Waals surface area contributed by atoms with Crippen LogP contribution >= 0.6 is 11.6 Å². The van der Waals surface area contributed by atoms with E-state index < -0.39 is 0 Å². The van der Waals surface area contributed by atoms with Crippen LogP contribution in [0.3, 0.4) is 0 Å². The Balaban J connectivity index is 1.98. The highest BCUT2D eigenvalue weighted by Crippen LogP contribution is 2.38. The number of benzene rings is 2. The van der Waals surface area contributed by atoms with Gasteiger partial charge in [-0.2, -0.15) is 5.06 Å². The van der Waals surface area contributed by atoms with Gasteiger partial charge in [-0.15, -0.1) is 0 Å². The molecule has 0 aromatic heterocycles. The lowest BCUT2D eigenvalue weighted by molar-refractivity contribution is -0.138. The van der Waals surface area contributed by atoms with Crippen LogP contribution in [0, 0.1) is 0 Å². The number of nitrogens with zero attached hydrogens (tertiary/aromatic N) is 1. The van der Waals surface area contributed by atoms with Gasteiger partial charge in [0.15, 0.2) is 0 Å². The Kier molecular flexibility index (Phi) is 4.53. The number of halogens is 1. The SMILES string of the molecule is CCOC(=O)C1=CON(c2ccc(Cl)cc2)C1c1ccccc1. The number of hydroxylamine groups is 1. The Morgan fingerprint density at radius 2 is 1.87 bits per heavy atom. The molecule has 0 aliphatic carbocycles. The highest BCUT2D eigenvalue weighted by atomic mass is 35.5. The molecule has 118 valence electrons. The van der Waals surface area contributed by atoms with Crippen LogP contribution in [0.2, 0.25) is 5.02 Å². The summed E-state index contributed by atoms with van der Waals surface area (Å²) in [5.41, 5.74) is 2.21. The maximum Gasteiger partial charge on any atom is 0.339 e. The molecule has 4 nitrogen and oxygen atoms in total. The van der Waals surface area contributed by atoms with Gasteiger partial charge in [0.25, 0.3) is 0 Å². The van der Waals surface area contributed by atoms with Crippen LogP contribution in [0.4, 0.5) is 5.69 Å². The van der Waals surface area contributed by atoms with Crippen LogP contribution < -0.4 is 5.06 Å². The number of ether oxygens (including phenoxy) is 1. The fourth-order valence-electron chi connectivity index (χ4n) is 2.49. The van der Waals surface area contributed by atoms with Crippen LogP contribution in [0.5, 0.6) is 0 Å². The van der Waals surface area contributed by atoms with Crippen molar-refractivity contribution in [2.45, 2.75) is 13.0 Å². The van der Waals surface area contributed by atoms with E-state index in [0.717, 1.165) is 11.3 Å². The first-order chi connectivity index (χ1) is 11.2. The molecule has 0 saturated carbocycles. The molecule has 1 aliphatic heterocycles. The first-order valence-corrected chi connectivity index (χ1v) is 7.72. The predicted molar refractivity (Wildman–Crippen MR) is 88.9 cm³/mol. The molecule has 0 spiro atoms. The molecule has 5 heteroatoms. The summed E-state index contributed by atoms with van der Waals surface area (Å²) >= 11 is 5.95. The topological polar surface area (TPSA) is 38.8 Å². The number of carbonyl (C=O) groups excluding carboxylic acids is 1. The quantitative estimate of drug-likeness (QED) is 0.785. The average Bonchev–Trinajstić information content (AvgIpc) is 3.01. The average molecular weight is 330 g/mol. The van der Waals surface area contributed by atoms with Crippen molar-refractivity contribution in [1.29, 1.82) is 0 Å².